The molecule has 1 aromatic carbocycles. The second-order valence-corrected chi connectivity index (χ2v) is 11.4. The number of pyridine rings is 1. The molecule has 204 valence electrons. The van der Waals surface area contributed by atoms with Gasteiger partial charge in [0.05, 0.1) is 31.4 Å². The summed E-state index contributed by atoms with van der Waals surface area (Å²) in [5, 5.41) is 19.6. The normalized spacial score (nSPS) is 15.7. The number of hydrogen-bond donors (Lipinski definition) is 1. The number of halogens is 2. The van der Waals surface area contributed by atoms with Crippen LogP contribution in [0.2, 0.25) is 0 Å². The van der Waals surface area contributed by atoms with Gasteiger partial charge in [-0.05, 0) is 17.0 Å². The van der Waals surface area contributed by atoms with Gasteiger partial charge in [0.2, 0.25) is 5.43 Å². The van der Waals surface area contributed by atoms with Crippen LogP contribution in [0.1, 0.15) is 41.8 Å². The van der Waals surface area contributed by atoms with Crippen molar-refractivity contribution in [2.75, 3.05) is 33.5 Å². The zero-order valence-corrected chi connectivity index (χ0v) is 22.5. The van der Waals surface area contributed by atoms with E-state index in [1.807, 2.05) is 20.8 Å². The van der Waals surface area contributed by atoms with E-state index >= 15 is 0 Å². The van der Waals surface area contributed by atoms with Crippen molar-refractivity contribution in [2.45, 2.75) is 39.8 Å². The van der Waals surface area contributed by atoms with Crippen molar-refractivity contribution in [1.82, 2.24) is 19.7 Å². The highest BCUT2D eigenvalue weighted by atomic mass is 32.1. The van der Waals surface area contributed by atoms with Crippen LogP contribution in [0.5, 0.6) is 5.75 Å². The fourth-order valence-electron chi connectivity index (χ4n) is 4.28. The summed E-state index contributed by atoms with van der Waals surface area (Å²) in [6.45, 7) is 7.71. The van der Waals surface area contributed by atoms with Crippen LogP contribution < -0.4 is 5.43 Å². The molecule has 0 aliphatic carbocycles. The number of hydrogen-bond acceptors (Lipinski definition) is 8. The van der Waals surface area contributed by atoms with Crippen molar-refractivity contribution in [1.29, 1.82) is 0 Å². The molecule has 1 aliphatic rings. The number of fused-ring (bicyclic) bond motifs is 1. The summed E-state index contributed by atoms with van der Waals surface area (Å²) in [6.07, 6.45) is 1.55. The van der Waals surface area contributed by atoms with E-state index < -0.39 is 28.7 Å². The highest BCUT2D eigenvalue weighted by molar-refractivity contribution is 7.14. The molecule has 0 spiro atoms. The predicted molar refractivity (Wildman–Crippen MR) is 137 cm³/mol. The summed E-state index contributed by atoms with van der Waals surface area (Å²) in [7, 11) is 1.57. The number of nitrogens with zero attached hydrogens (tertiary/aromatic N) is 4. The molecule has 0 saturated heterocycles. The Morgan fingerprint density at radius 3 is 2.63 bits per heavy atom. The highest BCUT2D eigenvalue weighted by Gasteiger charge is 2.38. The third-order valence-electron chi connectivity index (χ3n) is 6.01. The summed E-state index contributed by atoms with van der Waals surface area (Å²) >= 11 is 1.06. The molecule has 0 bridgehead atoms. The summed E-state index contributed by atoms with van der Waals surface area (Å²) < 4.78 is 39.6. The molecule has 0 fully saturated rings. The number of ether oxygens (including phenoxy) is 2. The molecule has 38 heavy (non-hydrogen) atoms. The van der Waals surface area contributed by atoms with Gasteiger partial charge < -0.3 is 24.0 Å². The summed E-state index contributed by atoms with van der Waals surface area (Å²) in [5.74, 6) is -2.51. The molecule has 3 heterocycles. The van der Waals surface area contributed by atoms with Crippen molar-refractivity contribution < 1.29 is 28.2 Å². The fraction of sp³-hybridized carbons (Fsp3) is 0.462. The second kappa shape index (κ2) is 11.3. The van der Waals surface area contributed by atoms with Crippen LogP contribution in [0.15, 0.2) is 29.2 Å². The number of benzene rings is 1. The Balaban J connectivity index is 1.66. The molecule has 2 aromatic heterocycles. The monoisotopic (exact) mass is 548 g/mol. The Bertz CT molecular complexity index is 1380. The molecule has 1 N–H and O–H groups in total. The smallest absolute Gasteiger partial charge is 0.274 e. The van der Waals surface area contributed by atoms with Crippen LogP contribution in [0.25, 0.3) is 10.6 Å². The topological polar surface area (TPSA) is 107 Å². The van der Waals surface area contributed by atoms with Crippen molar-refractivity contribution in [3.05, 3.63) is 62.5 Å². The Morgan fingerprint density at radius 1 is 1.18 bits per heavy atom. The van der Waals surface area contributed by atoms with Crippen LogP contribution in [-0.4, -0.2) is 70.2 Å². The Labute approximate surface area is 222 Å². The van der Waals surface area contributed by atoms with Gasteiger partial charge >= 0.3 is 0 Å². The number of methoxy groups -OCH3 is 1. The second-order valence-electron chi connectivity index (χ2n) is 10.4. The molecule has 0 unspecified atom stereocenters. The molecular formula is C26H30F2N4O5S. The van der Waals surface area contributed by atoms with E-state index in [2.05, 4.69) is 10.2 Å². The number of carbonyl (C=O) groups is 1. The van der Waals surface area contributed by atoms with Crippen LogP contribution in [-0.2, 0) is 22.4 Å². The van der Waals surface area contributed by atoms with Gasteiger partial charge in [0.15, 0.2) is 16.5 Å². The molecule has 1 amide bonds. The summed E-state index contributed by atoms with van der Waals surface area (Å²) in [5.41, 5.74) is -0.753. The maximum Gasteiger partial charge on any atom is 0.274 e. The van der Waals surface area contributed by atoms with Gasteiger partial charge in [0.25, 0.3) is 5.91 Å². The first-order valence-corrected chi connectivity index (χ1v) is 12.9. The van der Waals surface area contributed by atoms with Gasteiger partial charge in [0.1, 0.15) is 16.6 Å². The van der Waals surface area contributed by atoms with Gasteiger partial charge in [-0.15, -0.1) is 10.2 Å². The lowest BCUT2D eigenvalue weighted by atomic mass is 9.94. The summed E-state index contributed by atoms with van der Waals surface area (Å²) in [6, 6.07) is 2.94. The molecule has 0 saturated carbocycles. The van der Waals surface area contributed by atoms with E-state index in [0.29, 0.717) is 24.8 Å². The fourth-order valence-corrected chi connectivity index (χ4v) is 5.15. The first kappa shape index (κ1) is 27.8. The largest absolute Gasteiger partial charge is 0.503 e. The quantitative estimate of drug-likeness (QED) is 0.408. The lowest BCUT2D eigenvalue weighted by molar-refractivity contribution is 0.00835. The van der Waals surface area contributed by atoms with E-state index in [9.17, 15) is 23.5 Å². The van der Waals surface area contributed by atoms with Crippen molar-refractivity contribution >= 4 is 17.2 Å². The molecule has 12 heteroatoms. The Kier molecular flexibility index (Phi) is 8.24. The minimum absolute atomic E-state index is 0.0587. The number of aromatic hydroxyl groups is 1. The van der Waals surface area contributed by atoms with Crippen LogP contribution >= 0.6 is 11.3 Å². The van der Waals surface area contributed by atoms with Gasteiger partial charge in [0, 0.05) is 38.9 Å². The Hall–Kier alpha value is -3.22. The molecule has 1 atom stereocenters. The average molecular weight is 549 g/mol. The van der Waals surface area contributed by atoms with E-state index in [1.54, 1.807) is 16.6 Å². The molecular weight excluding hydrogens is 518 g/mol. The van der Waals surface area contributed by atoms with E-state index in [-0.39, 0.29) is 52.9 Å². The molecule has 0 radical (unpaired) electrons. The van der Waals surface area contributed by atoms with E-state index in [0.717, 1.165) is 23.5 Å². The lowest BCUT2D eigenvalue weighted by Gasteiger charge is -2.40. The SMILES string of the molecule is COCCOC[C@@H]1Cn2cc(-c3nnc(Cc4ccc(F)cc4F)s3)c(=O)c(O)c2C(=O)N1CC(C)(C)C. The summed E-state index contributed by atoms with van der Waals surface area (Å²) in [4.78, 5) is 28.3. The zero-order chi connectivity index (χ0) is 27.6. The van der Waals surface area contributed by atoms with Gasteiger partial charge in [-0.1, -0.05) is 38.2 Å². The number of carbonyl (C=O) groups excluding carboxylic acids is 1. The van der Waals surface area contributed by atoms with E-state index in [4.69, 9.17) is 9.47 Å². The third kappa shape index (κ3) is 6.08. The van der Waals surface area contributed by atoms with Crippen LogP contribution in [0.3, 0.4) is 0 Å². The maximum absolute atomic E-state index is 14.1. The average Bonchev–Trinajstić information content (AvgIpc) is 3.30. The number of aromatic nitrogens is 3. The molecule has 1 aliphatic heterocycles. The van der Waals surface area contributed by atoms with Gasteiger partial charge in [-0.3, -0.25) is 9.59 Å². The maximum atomic E-state index is 14.1. The number of amides is 1. The van der Waals surface area contributed by atoms with Crippen LogP contribution in [0.4, 0.5) is 8.78 Å². The van der Waals surface area contributed by atoms with Crippen LogP contribution in [0, 0.1) is 17.0 Å². The van der Waals surface area contributed by atoms with E-state index in [1.165, 1.54) is 12.3 Å². The highest BCUT2D eigenvalue weighted by Crippen LogP contribution is 2.31. The first-order chi connectivity index (χ1) is 18.0. The third-order valence-corrected chi connectivity index (χ3v) is 6.97. The van der Waals surface area contributed by atoms with Crippen molar-refractivity contribution in [2.24, 2.45) is 5.41 Å². The minimum Gasteiger partial charge on any atom is -0.503 e. The van der Waals surface area contributed by atoms with Gasteiger partial charge in [-0.2, -0.15) is 0 Å². The first-order valence-electron chi connectivity index (χ1n) is 12.1. The predicted octanol–water partition coefficient (Wildman–Crippen LogP) is 3.47. The Morgan fingerprint density at radius 2 is 1.95 bits per heavy atom. The standard InChI is InChI=1S/C26H30F2N4O5S/c1-26(2,3)14-32-17(13-37-8-7-36-4)11-31-12-18(22(33)23(34)21(31)25(32)35)24-30-29-20(38-24)9-15-5-6-16(27)10-19(15)28/h5-6,10,12,17,34H,7-9,11,13-14H2,1-4H3/t17-/m0/s1. The van der Waals surface area contributed by atoms with Gasteiger partial charge in [-0.25, -0.2) is 8.78 Å². The number of rotatable bonds is 9. The lowest BCUT2D eigenvalue weighted by Crippen LogP contribution is -2.53. The molecule has 4 rings (SSSR count). The minimum atomic E-state index is -0.745. The molecule has 3 aromatic rings. The zero-order valence-electron chi connectivity index (χ0n) is 21.7. The molecule has 9 nitrogen and oxygen atoms in total. The van der Waals surface area contributed by atoms with Crippen molar-refractivity contribution in [3.63, 3.8) is 0 Å². The van der Waals surface area contributed by atoms with Crippen molar-refractivity contribution in [3.8, 4) is 16.3 Å².